The predicted molar refractivity (Wildman–Crippen MR) is 92.0 cm³/mol. The van der Waals surface area contributed by atoms with Gasteiger partial charge >= 0.3 is 0 Å². The monoisotopic (exact) mass is 338 g/mol. The summed E-state index contributed by atoms with van der Waals surface area (Å²) in [4.78, 5) is 4.57. The van der Waals surface area contributed by atoms with Gasteiger partial charge in [0.1, 0.15) is 16.2 Å². The number of hydrogen-bond donors (Lipinski definition) is 1. The predicted octanol–water partition coefficient (Wildman–Crippen LogP) is 3.95. The third kappa shape index (κ3) is 3.21. The highest BCUT2D eigenvalue weighted by Gasteiger charge is 2.35. The molecule has 1 unspecified atom stereocenters. The molecule has 0 aliphatic rings. The van der Waals surface area contributed by atoms with Crippen molar-refractivity contribution in [3.63, 3.8) is 0 Å². The zero-order valence-electron chi connectivity index (χ0n) is 12.8. The van der Waals surface area contributed by atoms with Crippen LogP contribution in [0, 0.1) is 17.1 Å². The van der Waals surface area contributed by atoms with Crippen molar-refractivity contribution in [3.05, 3.63) is 76.4 Å². The minimum absolute atomic E-state index is 0.280. The largest absolute Gasteiger partial charge is 0.394 e. The Kier molecular flexibility index (Phi) is 4.70. The van der Waals surface area contributed by atoms with E-state index in [2.05, 4.69) is 11.1 Å². The molecule has 0 fully saturated rings. The van der Waals surface area contributed by atoms with Gasteiger partial charge in [0.15, 0.2) is 0 Å². The van der Waals surface area contributed by atoms with Gasteiger partial charge in [0, 0.05) is 10.9 Å². The lowest BCUT2D eigenvalue weighted by Crippen LogP contribution is -2.31. The SMILES string of the molecule is N#CC(CO)(Cc1ccc(F)cc1)c1nc(-c2ccccc2)cs1. The molecule has 3 aromatic rings. The second-order valence-corrected chi connectivity index (χ2v) is 6.42. The number of hydrogen-bond acceptors (Lipinski definition) is 4. The van der Waals surface area contributed by atoms with E-state index in [1.165, 1.54) is 23.5 Å². The fraction of sp³-hybridized carbons (Fsp3) is 0.158. The summed E-state index contributed by atoms with van der Waals surface area (Å²) in [5.41, 5.74) is 1.40. The van der Waals surface area contributed by atoms with Gasteiger partial charge in [0.25, 0.3) is 0 Å². The second-order valence-electron chi connectivity index (χ2n) is 5.56. The Bertz CT molecular complexity index is 855. The number of aliphatic hydroxyl groups excluding tert-OH is 1. The molecule has 0 aliphatic carbocycles. The molecule has 5 heteroatoms. The van der Waals surface area contributed by atoms with Crippen LogP contribution in [0.5, 0.6) is 0 Å². The second kappa shape index (κ2) is 6.91. The highest BCUT2D eigenvalue weighted by molar-refractivity contribution is 7.10. The van der Waals surface area contributed by atoms with Crippen LogP contribution in [-0.2, 0) is 11.8 Å². The molecule has 1 aromatic heterocycles. The standard InChI is InChI=1S/C19H15FN2OS/c20-16-8-6-14(7-9-16)10-19(12-21,13-23)18-22-17(11-24-18)15-4-2-1-3-5-15/h1-9,11,23H,10,13H2. The van der Waals surface area contributed by atoms with E-state index in [-0.39, 0.29) is 18.8 Å². The van der Waals surface area contributed by atoms with E-state index in [4.69, 9.17) is 0 Å². The maximum Gasteiger partial charge on any atom is 0.136 e. The third-order valence-electron chi connectivity index (χ3n) is 3.89. The zero-order valence-corrected chi connectivity index (χ0v) is 13.6. The molecule has 0 amide bonds. The molecule has 1 N–H and O–H groups in total. The summed E-state index contributed by atoms with van der Waals surface area (Å²) < 4.78 is 13.1. The molecule has 0 spiro atoms. The summed E-state index contributed by atoms with van der Waals surface area (Å²) in [5, 5.41) is 22.1. The average Bonchev–Trinajstić information content (AvgIpc) is 3.13. The number of aliphatic hydroxyl groups is 1. The fourth-order valence-corrected chi connectivity index (χ4v) is 3.48. The van der Waals surface area contributed by atoms with Crippen LogP contribution < -0.4 is 0 Å². The van der Waals surface area contributed by atoms with Crippen molar-refractivity contribution in [3.8, 4) is 17.3 Å². The summed E-state index contributed by atoms with van der Waals surface area (Å²) in [6, 6.07) is 17.9. The molecule has 0 radical (unpaired) electrons. The number of aromatic nitrogens is 1. The van der Waals surface area contributed by atoms with Gasteiger partial charge in [0.05, 0.1) is 18.4 Å². The molecular weight excluding hydrogens is 323 g/mol. The minimum atomic E-state index is -1.13. The van der Waals surface area contributed by atoms with Crippen LogP contribution >= 0.6 is 11.3 Å². The Hall–Kier alpha value is -2.55. The third-order valence-corrected chi connectivity index (χ3v) is 4.93. The van der Waals surface area contributed by atoms with Crippen LogP contribution in [0.1, 0.15) is 10.6 Å². The van der Waals surface area contributed by atoms with E-state index in [0.717, 1.165) is 16.8 Å². The van der Waals surface area contributed by atoms with Crippen molar-refractivity contribution < 1.29 is 9.50 Å². The van der Waals surface area contributed by atoms with Gasteiger partial charge in [-0.2, -0.15) is 5.26 Å². The van der Waals surface area contributed by atoms with Crippen molar-refractivity contribution >= 4 is 11.3 Å². The highest BCUT2D eigenvalue weighted by Crippen LogP contribution is 2.33. The summed E-state index contributed by atoms with van der Waals surface area (Å²) in [6.45, 7) is -0.345. The molecule has 0 aliphatic heterocycles. The smallest absolute Gasteiger partial charge is 0.136 e. The van der Waals surface area contributed by atoms with Gasteiger partial charge in [-0.3, -0.25) is 0 Å². The first-order valence-electron chi connectivity index (χ1n) is 7.45. The van der Waals surface area contributed by atoms with Gasteiger partial charge < -0.3 is 5.11 Å². The first kappa shape index (κ1) is 16.3. The Labute approximate surface area is 143 Å². The van der Waals surface area contributed by atoms with Gasteiger partial charge in [0.2, 0.25) is 0 Å². The Morgan fingerprint density at radius 3 is 2.46 bits per heavy atom. The van der Waals surface area contributed by atoms with Crippen LogP contribution in [0.4, 0.5) is 4.39 Å². The van der Waals surface area contributed by atoms with Crippen molar-refractivity contribution in [2.45, 2.75) is 11.8 Å². The molecule has 120 valence electrons. The molecule has 1 atom stereocenters. The van der Waals surface area contributed by atoms with E-state index < -0.39 is 5.41 Å². The molecule has 0 saturated heterocycles. The molecule has 1 heterocycles. The van der Waals surface area contributed by atoms with E-state index in [9.17, 15) is 14.8 Å². The van der Waals surface area contributed by atoms with Crippen molar-refractivity contribution in [1.29, 1.82) is 5.26 Å². The number of halogens is 1. The lowest BCUT2D eigenvalue weighted by atomic mass is 9.84. The highest BCUT2D eigenvalue weighted by atomic mass is 32.1. The maximum atomic E-state index is 13.1. The molecule has 24 heavy (non-hydrogen) atoms. The van der Waals surface area contributed by atoms with E-state index in [1.807, 2.05) is 35.7 Å². The number of thiazole rings is 1. The van der Waals surface area contributed by atoms with Crippen molar-refractivity contribution in [2.24, 2.45) is 0 Å². The number of nitrogens with zero attached hydrogens (tertiary/aromatic N) is 2. The number of benzene rings is 2. The van der Waals surface area contributed by atoms with Crippen LogP contribution in [0.2, 0.25) is 0 Å². The summed E-state index contributed by atoms with van der Waals surface area (Å²) in [7, 11) is 0. The lowest BCUT2D eigenvalue weighted by molar-refractivity contribution is 0.228. The number of rotatable bonds is 5. The topological polar surface area (TPSA) is 56.9 Å². The summed E-state index contributed by atoms with van der Waals surface area (Å²) >= 11 is 1.36. The Balaban J connectivity index is 1.95. The van der Waals surface area contributed by atoms with E-state index >= 15 is 0 Å². The van der Waals surface area contributed by atoms with E-state index in [0.29, 0.717) is 5.01 Å². The average molecular weight is 338 g/mol. The Morgan fingerprint density at radius 1 is 1.12 bits per heavy atom. The molecule has 0 saturated carbocycles. The summed E-state index contributed by atoms with van der Waals surface area (Å²) in [5.74, 6) is -0.328. The quantitative estimate of drug-likeness (QED) is 0.766. The van der Waals surface area contributed by atoms with Crippen molar-refractivity contribution in [1.82, 2.24) is 4.98 Å². The van der Waals surface area contributed by atoms with Gasteiger partial charge in [-0.25, -0.2) is 9.37 Å². The first-order chi connectivity index (χ1) is 11.7. The van der Waals surface area contributed by atoms with E-state index in [1.54, 1.807) is 12.1 Å². The Morgan fingerprint density at radius 2 is 1.83 bits per heavy atom. The minimum Gasteiger partial charge on any atom is -0.394 e. The van der Waals surface area contributed by atoms with Gasteiger partial charge in [-0.15, -0.1) is 11.3 Å². The molecular formula is C19H15FN2OS. The van der Waals surface area contributed by atoms with Gasteiger partial charge in [-0.05, 0) is 24.1 Å². The molecule has 0 bridgehead atoms. The fourth-order valence-electron chi connectivity index (χ4n) is 2.51. The maximum absolute atomic E-state index is 13.1. The van der Waals surface area contributed by atoms with Crippen molar-refractivity contribution in [2.75, 3.05) is 6.61 Å². The van der Waals surface area contributed by atoms with Crippen LogP contribution in [-0.4, -0.2) is 16.7 Å². The molecule has 3 rings (SSSR count). The van der Waals surface area contributed by atoms with Crippen LogP contribution in [0.15, 0.2) is 60.0 Å². The first-order valence-corrected chi connectivity index (χ1v) is 8.33. The molecule has 3 nitrogen and oxygen atoms in total. The van der Waals surface area contributed by atoms with Crippen LogP contribution in [0.3, 0.4) is 0 Å². The summed E-state index contributed by atoms with van der Waals surface area (Å²) in [6.07, 6.45) is 0.280. The zero-order chi connectivity index (χ0) is 17.0. The molecule has 2 aromatic carbocycles. The van der Waals surface area contributed by atoms with Crippen LogP contribution in [0.25, 0.3) is 11.3 Å². The number of nitriles is 1. The normalized spacial score (nSPS) is 13.2. The van der Waals surface area contributed by atoms with Gasteiger partial charge in [-0.1, -0.05) is 42.5 Å². The lowest BCUT2D eigenvalue weighted by Gasteiger charge is -2.21.